The lowest BCUT2D eigenvalue weighted by Gasteiger charge is -2.44. The third-order valence-corrected chi connectivity index (χ3v) is 1.91. The van der Waals surface area contributed by atoms with Crippen LogP contribution in [0.2, 0.25) is 0 Å². The third-order valence-electron chi connectivity index (χ3n) is 1.91. The van der Waals surface area contributed by atoms with Gasteiger partial charge in [0, 0.05) is 5.92 Å². The number of ether oxygens (including phenoxy) is 3. The molecule has 0 N–H and O–H groups in total. The lowest BCUT2D eigenvalue weighted by atomic mass is 10.1. The van der Waals surface area contributed by atoms with Gasteiger partial charge in [0.1, 0.15) is 13.2 Å². The summed E-state index contributed by atoms with van der Waals surface area (Å²) in [5.74, 6) is 0.193. The van der Waals surface area contributed by atoms with Crippen molar-refractivity contribution in [2.75, 3.05) is 26.4 Å². The summed E-state index contributed by atoms with van der Waals surface area (Å²) in [4.78, 5) is 0. The molecule has 0 aromatic rings. The molecule has 1 spiro atoms. The van der Waals surface area contributed by atoms with Crippen LogP contribution in [0.25, 0.3) is 0 Å². The van der Waals surface area contributed by atoms with Crippen LogP contribution in [0, 0.1) is 5.92 Å². The minimum atomic E-state index is -0.341. The zero-order valence-electron chi connectivity index (χ0n) is 6.13. The Morgan fingerprint density at radius 3 is 2.20 bits per heavy atom. The van der Waals surface area contributed by atoms with Crippen molar-refractivity contribution in [2.24, 2.45) is 5.92 Å². The fourth-order valence-electron chi connectivity index (χ4n) is 1.11. The van der Waals surface area contributed by atoms with Crippen molar-refractivity contribution in [3.63, 3.8) is 0 Å². The average Bonchev–Trinajstić information content (AvgIpc) is 1.86. The summed E-state index contributed by atoms with van der Waals surface area (Å²) in [7, 11) is 0. The van der Waals surface area contributed by atoms with Crippen molar-refractivity contribution in [3.8, 4) is 0 Å². The molecule has 2 rings (SSSR count). The van der Waals surface area contributed by atoms with Crippen molar-refractivity contribution < 1.29 is 14.2 Å². The van der Waals surface area contributed by atoms with E-state index in [0.717, 1.165) is 13.2 Å². The summed E-state index contributed by atoms with van der Waals surface area (Å²) in [6.07, 6.45) is 0. The van der Waals surface area contributed by atoms with Crippen LogP contribution >= 0.6 is 0 Å². The first-order valence-electron chi connectivity index (χ1n) is 3.66. The molecule has 10 heavy (non-hydrogen) atoms. The van der Waals surface area contributed by atoms with Gasteiger partial charge in [0.25, 0.3) is 0 Å². The monoisotopic (exact) mass is 144 g/mol. The Labute approximate surface area is 60.3 Å². The van der Waals surface area contributed by atoms with Crippen molar-refractivity contribution >= 4 is 0 Å². The summed E-state index contributed by atoms with van der Waals surface area (Å²) in [6, 6.07) is 0. The molecule has 3 nitrogen and oxygen atoms in total. The topological polar surface area (TPSA) is 27.7 Å². The van der Waals surface area contributed by atoms with E-state index in [-0.39, 0.29) is 5.79 Å². The number of hydrogen-bond acceptors (Lipinski definition) is 3. The van der Waals surface area contributed by atoms with E-state index in [2.05, 4.69) is 6.92 Å². The van der Waals surface area contributed by atoms with E-state index < -0.39 is 0 Å². The maximum atomic E-state index is 5.47. The lowest BCUT2D eigenvalue weighted by Crippen LogP contribution is -2.57. The summed E-state index contributed by atoms with van der Waals surface area (Å²) in [5.41, 5.74) is 0. The van der Waals surface area contributed by atoms with Crippen molar-refractivity contribution in [1.82, 2.24) is 0 Å². The van der Waals surface area contributed by atoms with Crippen LogP contribution < -0.4 is 0 Å². The summed E-state index contributed by atoms with van der Waals surface area (Å²) in [6.45, 7) is 4.96. The molecular weight excluding hydrogens is 132 g/mol. The minimum Gasteiger partial charge on any atom is -0.370 e. The molecule has 2 aliphatic rings. The highest BCUT2D eigenvalue weighted by Crippen LogP contribution is 2.28. The highest BCUT2D eigenvalue weighted by atomic mass is 16.8. The van der Waals surface area contributed by atoms with Gasteiger partial charge in [-0.15, -0.1) is 0 Å². The summed E-state index contributed by atoms with van der Waals surface area (Å²) >= 11 is 0. The fourth-order valence-corrected chi connectivity index (χ4v) is 1.11. The molecule has 2 fully saturated rings. The Balaban J connectivity index is 1.90. The second-order valence-corrected chi connectivity index (χ2v) is 3.13. The van der Waals surface area contributed by atoms with Gasteiger partial charge in [-0.25, -0.2) is 0 Å². The summed E-state index contributed by atoms with van der Waals surface area (Å²) < 4.78 is 15.9. The quantitative estimate of drug-likeness (QED) is 0.492. The molecule has 2 aliphatic heterocycles. The Hall–Kier alpha value is -0.120. The molecule has 0 aromatic carbocycles. The predicted molar refractivity (Wildman–Crippen MR) is 34.6 cm³/mol. The highest BCUT2D eigenvalue weighted by Gasteiger charge is 2.43. The molecular formula is C7H12O3. The first-order valence-corrected chi connectivity index (χ1v) is 3.66. The van der Waals surface area contributed by atoms with E-state index in [9.17, 15) is 0 Å². The van der Waals surface area contributed by atoms with Crippen LogP contribution in [0.3, 0.4) is 0 Å². The fraction of sp³-hybridized carbons (Fsp3) is 1.00. The van der Waals surface area contributed by atoms with Gasteiger partial charge >= 0.3 is 0 Å². The van der Waals surface area contributed by atoms with E-state index in [1.165, 1.54) is 0 Å². The van der Waals surface area contributed by atoms with Gasteiger partial charge in [0.05, 0.1) is 13.2 Å². The van der Waals surface area contributed by atoms with Crippen LogP contribution in [0.15, 0.2) is 0 Å². The maximum absolute atomic E-state index is 5.47. The van der Waals surface area contributed by atoms with Gasteiger partial charge in [-0.1, -0.05) is 6.92 Å². The standard InChI is InChI=1S/C7H12O3/c1-6-2-9-7(10-3-6)4-8-5-7/h6H,2-5H2,1H3. The van der Waals surface area contributed by atoms with E-state index in [0.29, 0.717) is 19.1 Å². The lowest BCUT2D eigenvalue weighted by molar-refractivity contribution is -0.369. The van der Waals surface area contributed by atoms with Crippen molar-refractivity contribution in [2.45, 2.75) is 12.7 Å². The third kappa shape index (κ3) is 0.944. The molecule has 2 saturated heterocycles. The Morgan fingerprint density at radius 2 is 1.80 bits per heavy atom. The van der Waals surface area contributed by atoms with Crippen LogP contribution in [0.1, 0.15) is 6.92 Å². The maximum Gasteiger partial charge on any atom is 0.216 e. The van der Waals surface area contributed by atoms with Crippen LogP contribution in [0.4, 0.5) is 0 Å². The van der Waals surface area contributed by atoms with Crippen LogP contribution in [-0.4, -0.2) is 32.2 Å². The molecule has 0 aliphatic carbocycles. The SMILES string of the molecule is CC1COC2(COC2)OC1. The molecule has 0 amide bonds. The van der Waals surface area contributed by atoms with Gasteiger partial charge in [0.2, 0.25) is 5.79 Å². The summed E-state index contributed by atoms with van der Waals surface area (Å²) in [5, 5.41) is 0. The second-order valence-electron chi connectivity index (χ2n) is 3.13. The number of rotatable bonds is 0. The normalized spacial score (nSPS) is 32.1. The Morgan fingerprint density at radius 1 is 1.20 bits per heavy atom. The first kappa shape index (κ1) is 6.58. The van der Waals surface area contributed by atoms with Crippen LogP contribution in [0.5, 0.6) is 0 Å². The second kappa shape index (κ2) is 2.19. The molecule has 3 heteroatoms. The van der Waals surface area contributed by atoms with Crippen molar-refractivity contribution in [1.29, 1.82) is 0 Å². The van der Waals surface area contributed by atoms with Gasteiger partial charge in [-0.3, -0.25) is 0 Å². The molecule has 0 atom stereocenters. The Kier molecular flexibility index (Phi) is 1.44. The largest absolute Gasteiger partial charge is 0.370 e. The van der Waals surface area contributed by atoms with Gasteiger partial charge in [-0.2, -0.15) is 0 Å². The van der Waals surface area contributed by atoms with Gasteiger partial charge < -0.3 is 14.2 Å². The van der Waals surface area contributed by atoms with E-state index in [4.69, 9.17) is 14.2 Å². The highest BCUT2D eigenvalue weighted by molar-refractivity contribution is 4.80. The van der Waals surface area contributed by atoms with E-state index in [1.807, 2.05) is 0 Å². The van der Waals surface area contributed by atoms with E-state index >= 15 is 0 Å². The zero-order chi connectivity index (χ0) is 7.03. The molecule has 0 radical (unpaired) electrons. The van der Waals surface area contributed by atoms with Gasteiger partial charge in [0.15, 0.2) is 0 Å². The van der Waals surface area contributed by atoms with E-state index in [1.54, 1.807) is 0 Å². The number of hydrogen-bond donors (Lipinski definition) is 0. The zero-order valence-corrected chi connectivity index (χ0v) is 6.13. The molecule has 0 aromatic heterocycles. The molecule has 0 unspecified atom stereocenters. The predicted octanol–water partition coefficient (Wildman–Crippen LogP) is 0.396. The average molecular weight is 144 g/mol. The van der Waals surface area contributed by atoms with Gasteiger partial charge in [-0.05, 0) is 0 Å². The van der Waals surface area contributed by atoms with Crippen LogP contribution in [-0.2, 0) is 14.2 Å². The molecule has 2 heterocycles. The first-order chi connectivity index (χ1) is 4.81. The Bertz CT molecular complexity index is 121. The smallest absolute Gasteiger partial charge is 0.216 e. The molecule has 0 bridgehead atoms. The van der Waals surface area contributed by atoms with Crippen molar-refractivity contribution in [3.05, 3.63) is 0 Å². The molecule has 0 saturated carbocycles. The minimum absolute atomic E-state index is 0.341. The molecule has 58 valence electrons.